The van der Waals surface area contributed by atoms with Gasteiger partial charge in [-0.3, -0.25) is 0 Å². The molecule has 8 heteroatoms. The molecular formula is C52H82N4O4. The number of nitrogens with zero attached hydrogens (tertiary/aromatic N) is 2. The van der Waals surface area contributed by atoms with Crippen molar-refractivity contribution in [2.24, 2.45) is 0 Å². The summed E-state index contributed by atoms with van der Waals surface area (Å²) in [4.78, 5) is 20.1. The second kappa shape index (κ2) is 32.6. The van der Waals surface area contributed by atoms with Gasteiger partial charge in [-0.2, -0.15) is 9.13 Å². The Morgan fingerprint density at radius 1 is 0.450 bits per heavy atom. The molecule has 0 saturated heterocycles. The third kappa shape index (κ3) is 21.9. The number of aromatic nitrogens is 2. The zero-order valence-electron chi connectivity index (χ0n) is 38.3. The van der Waals surface area contributed by atoms with E-state index in [0.29, 0.717) is 0 Å². The average Bonchev–Trinajstić information content (AvgIpc) is 3.23. The Hall–Kier alpha value is -4.20. The van der Waals surface area contributed by atoms with Gasteiger partial charge in [-0.1, -0.05) is 154 Å². The van der Waals surface area contributed by atoms with Crippen LogP contribution < -0.4 is 30.8 Å². The van der Waals surface area contributed by atoms with E-state index < -0.39 is 11.9 Å². The summed E-state index contributed by atoms with van der Waals surface area (Å²) >= 11 is 0. The highest BCUT2D eigenvalue weighted by atomic mass is 16.4. The van der Waals surface area contributed by atoms with Crippen molar-refractivity contribution in [1.29, 1.82) is 0 Å². The minimum atomic E-state index is -0.911. The van der Waals surface area contributed by atoms with E-state index in [-0.39, 0.29) is 12.8 Å². The Morgan fingerprint density at radius 3 is 1.05 bits per heavy atom. The summed E-state index contributed by atoms with van der Waals surface area (Å²) < 4.78 is 4.85. The number of unbranched alkanes of at least 4 members (excludes halogenated alkanes) is 21. The van der Waals surface area contributed by atoms with Crippen LogP contribution in [0, 0.1) is 13.8 Å². The van der Waals surface area contributed by atoms with Crippen LogP contribution in [-0.2, 0) is 22.7 Å². The van der Waals surface area contributed by atoms with E-state index in [0.717, 1.165) is 60.9 Å². The minimum absolute atomic E-state index is 0.231. The quantitative estimate of drug-likeness (QED) is 0.0413. The van der Waals surface area contributed by atoms with Gasteiger partial charge >= 0.3 is 0 Å². The number of benzene rings is 2. The van der Waals surface area contributed by atoms with Crippen molar-refractivity contribution >= 4 is 45.1 Å². The number of nitrogens with two attached hydrogens (primary N) is 2. The van der Waals surface area contributed by atoms with Gasteiger partial charge in [0.2, 0.25) is 11.0 Å². The summed E-state index contributed by atoms with van der Waals surface area (Å²) in [5.41, 5.74) is 19.2. The standard InChI is InChI=1S/C30H38N4.2C11H22O2/c1-23-21-27(31)25-15-9-11-17-29(25)33(23)19-13-7-5-3-4-6-8-14-20-34-24(2)22-28(32)26-16-10-12-18-30(26)34;2*1-2-3-4-5-6-7-8-9-10-11(12)13/h9-12,15-18,21-22,31-32H,3-8,13-14,19-20H2,1-2H3;2*2-10H2,1H3,(H,12,13). The second-order valence-corrected chi connectivity index (χ2v) is 16.8. The summed E-state index contributed by atoms with van der Waals surface area (Å²) in [6.45, 7) is 10.9. The van der Waals surface area contributed by atoms with Crippen molar-refractivity contribution in [2.45, 2.75) is 208 Å². The van der Waals surface area contributed by atoms with E-state index in [4.69, 9.17) is 11.5 Å². The summed E-state index contributed by atoms with van der Waals surface area (Å²) in [6.07, 6.45) is 29.8. The van der Waals surface area contributed by atoms with Crippen LogP contribution in [-0.4, -0.2) is 11.9 Å². The first kappa shape index (κ1) is 51.9. The maximum Gasteiger partial charge on any atom is 0.214 e. The summed E-state index contributed by atoms with van der Waals surface area (Å²) in [5.74, 6) is -1.82. The summed E-state index contributed by atoms with van der Waals surface area (Å²) in [6, 6.07) is 21.2. The van der Waals surface area contributed by atoms with Crippen molar-refractivity contribution in [3.8, 4) is 0 Å². The molecule has 0 unspecified atom stereocenters. The highest BCUT2D eigenvalue weighted by Crippen LogP contribution is 2.21. The fourth-order valence-corrected chi connectivity index (χ4v) is 8.05. The Labute approximate surface area is 364 Å². The normalized spacial score (nSPS) is 10.9. The van der Waals surface area contributed by atoms with Gasteiger partial charge in [0.05, 0.1) is 22.1 Å². The second-order valence-electron chi connectivity index (χ2n) is 16.8. The molecule has 8 nitrogen and oxygen atoms in total. The number of carbonyl (C=O) groups excluding carboxylic acids is 2. The molecule has 60 heavy (non-hydrogen) atoms. The SMILES string of the molecule is CCCCCCCCCCC(=O)[O-].CCCCCCCCCCC(=O)[O-].Cc1cc(N)c2ccccc2[n+]1CCCCCCCCCC[n+]1c(C)cc(N)c2ccccc21. The molecule has 0 aliphatic rings. The van der Waals surface area contributed by atoms with Crippen molar-refractivity contribution in [1.82, 2.24) is 0 Å². The van der Waals surface area contributed by atoms with E-state index in [9.17, 15) is 19.8 Å². The molecule has 0 atom stereocenters. The zero-order chi connectivity index (χ0) is 43.8. The van der Waals surface area contributed by atoms with E-state index in [1.165, 1.54) is 151 Å². The number of fused-ring (bicyclic) bond motifs is 2. The fourth-order valence-electron chi connectivity index (χ4n) is 8.05. The molecule has 0 amide bonds. The molecule has 0 aliphatic carbocycles. The fraction of sp³-hybridized carbons (Fsp3) is 0.615. The van der Waals surface area contributed by atoms with Crippen molar-refractivity contribution < 1.29 is 28.9 Å². The third-order valence-corrected chi connectivity index (χ3v) is 11.6. The number of carboxylic acids is 2. The molecular weight excluding hydrogens is 745 g/mol. The number of aliphatic carboxylic acids is 2. The molecule has 0 spiro atoms. The predicted molar refractivity (Wildman–Crippen MR) is 248 cm³/mol. The predicted octanol–water partition coefficient (Wildman–Crippen LogP) is 10.7. The molecule has 4 rings (SSSR count). The molecule has 4 aromatic rings. The number of carbonyl (C=O) groups is 2. The highest BCUT2D eigenvalue weighted by molar-refractivity contribution is 5.88. The maximum atomic E-state index is 10.1. The number of anilines is 2. The third-order valence-electron chi connectivity index (χ3n) is 11.6. The Morgan fingerprint density at radius 2 is 0.733 bits per heavy atom. The number of pyridine rings is 2. The number of nitrogen functional groups attached to an aromatic ring is 2. The van der Waals surface area contributed by atoms with E-state index in [2.05, 4.69) is 97.5 Å². The van der Waals surface area contributed by atoms with Crippen LogP contribution in [0.5, 0.6) is 0 Å². The lowest BCUT2D eigenvalue weighted by molar-refractivity contribution is -0.678. The largest absolute Gasteiger partial charge is 0.550 e. The molecule has 4 N–H and O–H groups in total. The smallest absolute Gasteiger partial charge is 0.214 e. The van der Waals surface area contributed by atoms with Gasteiger partial charge in [0, 0.05) is 62.9 Å². The topological polar surface area (TPSA) is 140 Å². The van der Waals surface area contributed by atoms with Crippen LogP contribution in [0.25, 0.3) is 21.8 Å². The molecule has 334 valence electrons. The lowest BCUT2D eigenvalue weighted by atomic mass is 10.1. The number of para-hydroxylation sites is 2. The summed E-state index contributed by atoms with van der Waals surface area (Å²) in [7, 11) is 0. The van der Waals surface area contributed by atoms with Gasteiger partial charge in [-0.15, -0.1) is 0 Å². The number of hydrogen-bond acceptors (Lipinski definition) is 6. The first-order valence-corrected chi connectivity index (χ1v) is 23.9. The van der Waals surface area contributed by atoms with Crippen LogP contribution in [0.15, 0.2) is 60.7 Å². The van der Waals surface area contributed by atoms with Crippen LogP contribution in [0.1, 0.15) is 192 Å². The first-order chi connectivity index (χ1) is 29.1. The molecule has 2 heterocycles. The van der Waals surface area contributed by atoms with Gasteiger partial charge in [0.15, 0.2) is 11.4 Å². The number of aryl methyl sites for hydroxylation is 4. The monoisotopic (exact) mass is 827 g/mol. The highest BCUT2D eigenvalue weighted by Gasteiger charge is 2.16. The Balaban J connectivity index is 0.000000393. The molecule has 0 fully saturated rings. The lowest BCUT2D eigenvalue weighted by Gasteiger charge is -2.08. The van der Waals surface area contributed by atoms with Gasteiger partial charge in [0.25, 0.3) is 0 Å². The van der Waals surface area contributed by atoms with E-state index >= 15 is 0 Å². The van der Waals surface area contributed by atoms with Gasteiger partial charge in [0.1, 0.15) is 13.1 Å². The van der Waals surface area contributed by atoms with Crippen molar-refractivity contribution in [3.63, 3.8) is 0 Å². The van der Waals surface area contributed by atoms with Crippen molar-refractivity contribution in [3.05, 3.63) is 72.1 Å². The van der Waals surface area contributed by atoms with Crippen molar-refractivity contribution in [2.75, 3.05) is 11.5 Å². The summed E-state index contributed by atoms with van der Waals surface area (Å²) in [5, 5.41) is 22.4. The minimum Gasteiger partial charge on any atom is -0.550 e. The van der Waals surface area contributed by atoms with Crippen LogP contribution in [0.2, 0.25) is 0 Å². The Bertz CT molecular complexity index is 1650. The van der Waals surface area contributed by atoms with E-state index in [1.54, 1.807) is 0 Å². The molecule has 0 saturated carbocycles. The van der Waals surface area contributed by atoms with Crippen LogP contribution in [0.4, 0.5) is 11.4 Å². The van der Waals surface area contributed by atoms with Gasteiger partial charge < -0.3 is 31.3 Å². The Kier molecular flexibility index (Phi) is 28.2. The van der Waals surface area contributed by atoms with Gasteiger partial charge in [-0.05, 0) is 50.7 Å². The van der Waals surface area contributed by atoms with Crippen LogP contribution in [0.3, 0.4) is 0 Å². The zero-order valence-corrected chi connectivity index (χ0v) is 38.3. The van der Waals surface area contributed by atoms with Gasteiger partial charge in [-0.25, -0.2) is 0 Å². The number of hydrogen-bond donors (Lipinski definition) is 2. The van der Waals surface area contributed by atoms with E-state index in [1.807, 2.05) is 0 Å². The molecule has 0 aliphatic heterocycles. The lowest BCUT2D eigenvalue weighted by Crippen LogP contribution is -2.38. The maximum absolute atomic E-state index is 10.1. The number of carboxylic acid groups (broad SMARTS) is 2. The molecule has 0 bridgehead atoms. The average molecular weight is 827 g/mol. The number of rotatable bonds is 29. The first-order valence-electron chi connectivity index (χ1n) is 23.9. The molecule has 0 radical (unpaired) electrons. The molecule has 2 aromatic carbocycles. The molecule has 2 aromatic heterocycles. The van der Waals surface area contributed by atoms with Crippen LogP contribution >= 0.6 is 0 Å².